The van der Waals surface area contributed by atoms with E-state index in [9.17, 15) is 9.90 Å². The predicted octanol–water partition coefficient (Wildman–Crippen LogP) is 2.85. The van der Waals surface area contributed by atoms with Gasteiger partial charge in [0.05, 0.1) is 5.60 Å². The van der Waals surface area contributed by atoms with Gasteiger partial charge < -0.3 is 10.4 Å². The minimum atomic E-state index is -0.788. The van der Waals surface area contributed by atoms with Crippen molar-refractivity contribution in [2.45, 2.75) is 58.0 Å². The molecule has 0 aromatic heterocycles. The van der Waals surface area contributed by atoms with Gasteiger partial charge >= 0.3 is 0 Å². The van der Waals surface area contributed by atoms with Crippen LogP contribution >= 0.6 is 0 Å². The summed E-state index contributed by atoms with van der Waals surface area (Å²) in [5.41, 5.74) is 2.61. The monoisotopic (exact) mass is 275 g/mol. The van der Waals surface area contributed by atoms with Crippen molar-refractivity contribution < 1.29 is 9.90 Å². The highest BCUT2D eigenvalue weighted by molar-refractivity contribution is 5.94. The summed E-state index contributed by atoms with van der Waals surface area (Å²) >= 11 is 0. The van der Waals surface area contributed by atoms with Crippen LogP contribution in [0.3, 0.4) is 0 Å². The predicted molar refractivity (Wildman–Crippen MR) is 80.9 cm³/mol. The maximum atomic E-state index is 12.2. The number of hydrogen-bond acceptors (Lipinski definition) is 2. The fourth-order valence-corrected chi connectivity index (χ4v) is 2.72. The Morgan fingerprint density at radius 3 is 2.50 bits per heavy atom. The topological polar surface area (TPSA) is 49.3 Å². The van der Waals surface area contributed by atoms with Crippen molar-refractivity contribution in [2.75, 3.05) is 6.54 Å². The van der Waals surface area contributed by atoms with E-state index < -0.39 is 5.60 Å². The van der Waals surface area contributed by atoms with Crippen LogP contribution in [0.1, 0.15) is 61.0 Å². The number of benzene rings is 1. The Morgan fingerprint density at radius 2 is 1.85 bits per heavy atom. The molecule has 0 aliphatic heterocycles. The highest BCUT2D eigenvalue weighted by atomic mass is 16.3. The van der Waals surface area contributed by atoms with Gasteiger partial charge in [0.15, 0.2) is 0 Å². The Hall–Kier alpha value is -1.35. The number of carbonyl (C=O) groups is 1. The molecule has 0 heterocycles. The van der Waals surface area contributed by atoms with E-state index >= 15 is 0 Å². The first-order valence-electron chi connectivity index (χ1n) is 7.70. The molecule has 1 aromatic carbocycles. The van der Waals surface area contributed by atoms with E-state index in [1.165, 1.54) is 24.0 Å². The minimum Gasteiger partial charge on any atom is -0.388 e. The molecule has 0 spiro atoms. The first-order chi connectivity index (χ1) is 9.58. The molecule has 0 saturated heterocycles. The van der Waals surface area contributed by atoms with Gasteiger partial charge in [-0.15, -0.1) is 0 Å². The van der Waals surface area contributed by atoms with Gasteiger partial charge in [0.1, 0.15) is 0 Å². The molecular formula is C17H25NO2. The molecule has 1 aliphatic carbocycles. The molecule has 0 unspecified atom stereocenters. The summed E-state index contributed by atoms with van der Waals surface area (Å²) < 4.78 is 0. The van der Waals surface area contributed by atoms with E-state index in [0.29, 0.717) is 24.9 Å². The molecule has 20 heavy (non-hydrogen) atoms. The first-order valence-corrected chi connectivity index (χ1v) is 7.70. The summed E-state index contributed by atoms with van der Waals surface area (Å²) in [6.07, 6.45) is 5.96. The van der Waals surface area contributed by atoms with Gasteiger partial charge in [-0.05, 0) is 61.8 Å². The number of fused-ring (bicyclic) bond motifs is 1. The van der Waals surface area contributed by atoms with Crippen molar-refractivity contribution in [3.8, 4) is 0 Å². The highest BCUT2D eigenvalue weighted by Crippen LogP contribution is 2.22. The molecule has 2 N–H and O–H groups in total. The van der Waals surface area contributed by atoms with Crippen LogP contribution in [0.2, 0.25) is 0 Å². The molecule has 1 aromatic rings. The fraction of sp³-hybridized carbons (Fsp3) is 0.588. The number of hydrogen-bond donors (Lipinski definition) is 2. The van der Waals surface area contributed by atoms with E-state index in [0.717, 1.165) is 12.8 Å². The lowest BCUT2D eigenvalue weighted by Crippen LogP contribution is -2.42. The summed E-state index contributed by atoms with van der Waals surface area (Å²) in [5.74, 6) is -0.0845. The molecule has 0 fully saturated rings. The Balaban J connectivity index is 2.02. The van der Waals surface area contributed by atoms with Crippen LogP contribution in [0, 0.1) is 0 Å². The van der Waals surface area contributed by atoms with Gasteiger partial charge in [-0.25, -0.2) is 0 Å². The Bertz CT molecular complexity index is 478. The van der Waals surface area contributed by atoms with Crippen LogP contribution in [0.15, 0.2) is 18.2 Å². The molecular weight excluding hydrogens is 250 g/mol. The zero-order valence-corrected chi connectivity index (χ0v) is 12.5. The Kier molecular flexibility index (Phi) is 4.81. The number of amides is 1. The van der Waals surface area contributed by atoms with Crippen LogP contribution in [0.25, 0.3) is 0 Å². The van der Waals surface area contributed by atoms with Crippen LogP contribution in [-0.2, 0) is 12.8 Å². The average molecular weight is 275 g/mol. The molecule has 0 bridgehead atoms. The van der Waals surface area contributed by atoms with Gasteiger partial charge in [-0.2, -0.15) is 0 Å². The number of rotatable bonds is 5. The largest absolute Gasteiger partial charge is 0.388 e. The molecule has 1 aliphatic rings. The van der Waals surface area contributed by atoms with E-state index in [4.69, 9.17) is 0 Å². The molecule has 0 atom stereocenters. The normalized spacial score (nSPS) is 14.8. The number of carbonyl (C=O) groups excluding carboxylic acids is 1. The SMILES string of the molecule is CCC(O)(CC)CNC(=O)c1ccc2c(c1)CCCC2. The molecule has 2 rings (SSSR count). The lowest BCUT2D eigenvalue weighted by molar-refractivity contribution is 0.0314. The molecule has 1 amide bonds. The van der Waals surface area contributed by atoms with Gasteiger partial charge in [0.2, 0.25) is 0 Å². The Labute approximate surface area is 121 Å². The van der Waals surface area contributed by atoms with Crippen molar-refractivity contribution in [1.29, 1.82) is 0 Å². The maximum absolute atomic E-state index is 12.2. The highest BCUT2D eigenvalue weighted by Gasteiger charge is 2.23. The van der Waals surface area contributed by atoms with Gasteiger partial charge in [0, 0.05) is 12.1 Å². The summed E-state index contributed by atoms with van der Waals surface area (Å²) in [6.45, 7) is 4.19. The van der Waals surface area contributed by atoms with E-state index in [1.54, 1.807) is 0 Å². The molecule has 0 saturated carbocycles. The second kappa shape index (κ2) is 6.40. The summed E-state index contributed by atoms with van der Waals surface area (Å²) in [4.78, 5) is 12.2. The van der Waals surface area contributed by atoms with Crippen LogP contribution in [-0.4, -0.2) is 23.2 Å². The number of aliphatic hydroxyl groups is 1. The van der Waals surface area contributed by atoms with Crippen molar-refractivity contribution in [2.24, 2.45) is 0 Å². The number of nitrogens with one attached hydrogen (secondary N) is 1. The molecule has 3 heteroatoms. The minimum absolute atomic E-state index is 0.0845. The molecule has 0 radical (unpaired) electrons. The second-order valence-corrected chi connectivity index (χ2v) is 5.80. The van der Waals surface area contributed by atoms with Gasteiger partial charge in [0.25, 0.3) is 5.91 Å². The zero-order valence-electron chi connectivity index (χ0n) is 12.5. The number of aryl methyl sites for hydroxylation is 2. The standard InChI is InChI=1S/C17H25NO2/c1-3-17(20,4-2)12-18-16(19)15-10-9-13-7-5-6-8-14(13)11-15/h9-11,20H,3-8,12H2,1-2H3,(H,18,19). The van der Waals surface area contributed by atoms with Crippen molar-refractivity contribution >= 4 is 5.91 Å². The smallest absolute Gasteiger partial charge is 0.251 e. The van der Waals surface area contributed by atoms with Gasteiger partial charge in [-0.3, -0.25) is 4.79 Å². The quantitative estimate of drug-likeness (QED) is 0.868. The van der Waals surface area contributed by atoms with Crippen LogP contribution < -0.4 is 5.32 Å². The third kappa shape index (κ3) is 3.40. The molecule has 3 nitrogen and oxygen atoms in total. The lowest BCUT2D eigenvalue weighted by Gasteiger charge is -2.25. The first kappa shape index (κ1) is 15.0. The van der Waals surface area contributed by atoms with Crippen molar-refractivity contribution in [1.82, 2.24) is 5.32 Å². The van der Waals surface area contributed by atoms with Gasteiger partial charge in [-0.1, -0.05) is 19.9 Å². The summed E-state index contributed by atoms with van der Waals surface area (Å²) in [7, 11) is 0. The van der Waals surface area contributed by atoms with Crippen molar-refractivity contribution in [3.63, 3.8) is 0 Å². The Morgan fingerprint density at radius 1 is 1.20 bits per heavy atom. The third-order valence-corrected chi connectivity index (χ3v) is 4.50. The van der Waals surface area contributed by atoms with Crippen LogP contribution in [0.4, 0.5) is 0 Å². The lowest BCUT2D eigenvalue weighted by atomic mass is 9.90. The van der Waals surface area contributed by atoms with Crippen molar-refractivity contribution in [3.05, 3.63) is 34.9 Å². The third-order valence-electron chi connectivity index (χ3n) is 4.50. The van der Waals surface area contributed by atoms with E-state index in [-0.39, 0.29) is 5.91 Å². The second-order valence-electron chi connectivity index (χ2n) is 5.80. The summed E-state index contributed by atoms with van der Waals surface area (Å²) in [5, 5.41) is 13.1. The zero-order chi connectivity index (χ0) is 14.6. The van der Waals surface area contributed by atoms with E-state index in [2.05, 4.69) is 11.4 Å². The van der Waals surface area contributed by atoms with Crippen LogP contribution in [0.5, 0.6) is 0 Å². The maximum Gasteiger partial charge on any atom is 0.251 e. The average Bonchev–Trinajstić information content (AvgIpc) is 2.51. The fourth-order valence-electron chi connectivity index (χ4n) is 2.72. The van der Waals surface area contributed by atoms with E-state index in [1.807, 2.05) is 26.0 Å². The summed E-state index contributed by atoms with van der Waals surface area (Å²) in [6, 6.07) is 5.99. The molecule has 110 valence electrons.